The van der Waals surface area contributed by atoms with E-state index in [0.717, 1.165) is 10.8 Å². The average molecular weight is 447 g/mol. The molecule has 0 unspecified atom stereocenters. The van der Waals surface area contributed by atoms with E-state index in [0.29, 0.717) is 11.4 Å². The zero-order valence-corrected chi connectivity index (χ0v) is 18.1. The van der Waals surface area contributed by atoms with Gasteiger partial charge in [0.2, 0.25) is 0 Å². The molecule has 0 fully saturated rings. The fourth-order valence-corrected chi connectivity index (χ4v) is 3.61. The molecule has 33 heavy (non-hydrogen) atoms. The quantitative estimate of drug-likeness (QED) is 0.434. The first kappa shape index (κ1) is 22.0. The Labute approximate surface area is 189 Å². The molecule has 1 aliphatic heterocycles. The standard InChI is InChI=1S/C25H21NO7/c1-30-23(27)20-14-32-15-26(22(20)25(29)31-2)21-10-6-5-9-19(21)24(28)33-18-12-11-16-7-3-4-8-17(16)13-18/h3-13H,14-15H2,1-2H3. The molecule has 0 saturated carbocycles. The number of nitrogens with zero attached hydrogens (tertiary/aromatic N) is 1. The van der Waals surface area contributed by atoms with Crippen LogP contribution in [0.15, 0.2) is 78.0 Å². The van der Waals surface area contributed by atoms with Crippen LogP contribution in [0.3, 0.4) is 0 Å². The molecule has 0 aromatic heterocycles. The smallest absolute Gasteiger partial charge is 0.355 e. The molecule has 8 nitrogen and oxygen atoms in total. The summed E-state index contributed by atoms with van der Waals surface area (Å²) >= 11 is 0. The summed E-state index contributed by atoms with van der Waals surface area (Å²) in [4.78, 5) is 39.4. The molecule has 1 heterocycles. The van der Waals surface area contributed by atoms with Crippen LogP contribution in [0.25, 0.3) is 10.8 Å². The van der Waals surface area contributed by atoms with Gasteiger partial charge < -0.3 is 23.8 Å². The zero-order chi connectivity index (χ0) is 23.4. The molecule has 3 aromatic carbocycles. The molecule has 0 saturated heterocycles. The summed E-state index contributed by atoms with van der Waals surface area (Å²) in [6, 6.07) is 19.6. The lowest BCUT2D eigenvalue weighted by molar-refractivity contribution is -0.140. The molecule has 0 N–H and O–H groups in total. The maximum absolute atomic E-state index is 13.1. The van der Waals surface area contributed by atoms with E-state index in [1.54, 1.807) is 36.4 Å². The van der Waals surface area contributed by atoms with Crippen LogP contribution in [-0.4, -0.2) is 45.5 Å². The van der Waals surface area contributed by atoms with Gasteiger partial charge in [-0.05, 0) is 35.0 Å². The van der Waals surface area contributed by atoms with Crippen molar-refractivity contribution >= 4 is 34.4 Å². The van der Waals surface area contributed by atoms with Gasteiger partial charge >= 0.3 is 17.9 Å². The molecule has 0 amide bonds. The van der Waals surface area contributed by atoms with Crippen LogP contribution < -0.4 is 9.64 Å². The van der Waals surface area contributed by atoms with Gasteiger partial charge in [-0.3, -0.25) is 0 Å². The Balaban J connectivity index is 1.72. The van der Waals surface area contributed by atoms with Crippen molar-refractivity contribution in [1.82, 2.24) is 0 Å². The minimum absolute atomic E-state index is 0.00620. The monoisotopic (exact) mass is 447 g/mol. The molecule has 0 atom stereocenters. The lowest BCUT2D eigenvalue weighted by atomic mass is 10.1. The molecule has 0 aliphatic carbocycles. The molecular weight excluding hydrogens is 426 g/mol. The molecule has 3 aromatic rings. The third-order valence-electron chi connectivity index (χ3n) is 5.18. The van der Waals surface area contributed by atoms with Crippen LogP contribution in [0, 0.1) is 0 Å². The molecule has 0 bridgehead atoms. The highest BCUT2D eigenvalue weighted by atomic mass is 16.5. The lowest BCUT2D eigenvalue weighted by Crippen LogP contribution is -2.39. The van der Waals surface area contributed by atoms with Gasteiger partial charge in [0.25, 0.3) is 0 Å². The summed E-state index contributed by atoms with van der Waals surface area (Å²) in [5.74, 6) is -1.73. The number of ether oxygens (including phenoxy) is 4. The van der Waals surface area contributed by atoms with Gasteiger partial charge in [-0.1, -0.05) is 42.5 Å². The minimum Gasteiger partial charge on any atom is -0.466 e. The number of fused-ring (bicyclic) bond motifs is 1. The van der Waals surface area contributed by atoms with E-state index in [4.69, 9.17) is 18.9 Å². The second-order valence-electron chi connectivity index (χ2n) is 7.13. The fourth-order valence-electron chi connectivity index (χ4n) is 3.61. The van der Waals surface area contributed by atoms with Crippen molar-refractivity contribution in [2.45, 2.75) is 0 Å². The summed E-state index contributed by atoms with van der Waals surface area (Å²) < 4.78 is 20.8. The van der Waals surface area contributed by atoms with Crippen molar-refractivity contribution in [2.24, 2.45) is 0 Å². The number of para-hydroxylation sites is 1. The van der Waals surface area contributed by atoms with Crippen molar-refractivity contribution in [1.29, 1.82) is 0 Å². The van der Waals surface area contributed by atoms with Gasteiger partial charge in [0, 0.05) is 0 Å². The summed E-state index contributed by atoms with van der Waals surface area (Å²) in [6.07, 6.45) is 0. The minimum atomic E-state index is -0.753. The van der Waals surface area contributed by atoms with E-state index in [9.17, 15) is 14.4 Å². The van der Waals surface area contributed by atoms with Crippen molar-refractivity contribution in [3.63, 3.8) is 0 Å². The Bertz CT molecular complexity index is 1260. The maximum Gasteiger partial charge on any atom is 0.355 e. The second kappa shape index (κ2) is 9.54. The van der Waals surface area contributed by atoms with Crippen molar-refractivity contribution in [3.05, 3.63) is 83.6 Å². The molecule has 1 aliphatic rings. The summed E-state index contributed by atoms with van der Waals surface area (Å²) in [5, 5.41) is 1.95. The normalized spacial score (nSPS) is 13.6. The SMILES string of the molecule is COC(=O)C1=C(C(=O)OC)N(c2ccccc2C(=O)Oc2ccc3ccccc3c2)COC1. The Morgan fingerprint density at radius 1 is 0.818 bits per heavy atom. The Morgan fingerprint density at radius 2 is 1.52 bits per heavy atom. The number of benzene rings is 3. The van der Waals surface area contributed by atoms with Gasteiger partial charge in [-0.15, -0.1) is 0 Å². The van der Waals surface area contributed by atoms with Crippen molar-refractivity contribution in [2.75, 3.05) is 32.5 Å². The van der Waals surface area contributed by atoms with E-state index in [2.05, 4.69) is 0 Å². The van der Waals surface area contributed by atoms with Gasteiger partial charge in [-0.2, -0.15) is 0 Å². The predicted octanol–water partition coefficient (Wildman–Crippen LogP) is 3.45. The van der Waals surface area contributed by atoms with Crippen molar-refractivity contribution < 1.29 is 33.3 Å². The third-order valence-corrected chi connectivity index (χ3v) is 5.18. The van der Waals surface area contributed by atoms with E-state index in [-0.39, 0.29) is 30.2 Å². The number of esters is 3. The van der Waals surface area contributed by atoms with Crippen LogP contribution >= 0.6 is 0 Å². The first-order chi connectivity index (χ1) is 16.0. The largest absolute Gasteiger partial charge is 0.466 e. The summed E-state index contributed by atoms with van der Waals surface area (Å²) in [5.41, 5.74) is 0.446. The first-order valence-corrected chi connectivity index (χ1v) is 10.1. The molecular formula is C25H21NO7. The lowest BCUT2D eigenvalue weighted by Gasteiger charge is -2.32. The molecule has 0 spiro atoms. The van der Waals surface area contributed by atoms with Crippen molar-refractivity contribution in [3.8, 4) is 5.75 Å². The molecule has 168 valence electrons. The first-order valence-electron chi connectivity index (χ1n) is 10.1. The van der Waals surface area contributed by atoms with E-state index in [1.807, 2.05) is 30.3 Å². The van der Waals surface area contributed by atoms with Gasteiger partial charge in [0.05, 0.1) is 37.7 Å². The predicted molar refractivity (Wildman–Crippen MR) is 120 cm³/mol. The van der Waals surface area contributed by atoms with Gasteiger partial charge in [0.1, 0.15) is 18.2 Å². The number of methoxy groups -OCH3 is 2. The highest BCUT2D eigenvalue weighted by molar-refractivity contribution is 6.05. The summed E-state index contributed by atoms with van der Waals surface area (Å²) in [6.45, 7) is -0.206. The number of carbonyl (C=O) groups excluding carboxylic acids is 3. The Kier molecular flexibility index (Phi) is 6.37. The van der Waals surface area contributed by atoms with Crippen LogP contribution in [0.2, 0.25) is 0 Å². The highest BCUT2D eigenvalue weighted by Crippen LogP contribution is 2.31. The third kappa shape index (κ3) is 4.42. The Hall–Kier alpha value is -4.17. The zero-order valence-electron chi connectivity index (χ0n) is 18.1. The Morgan fingerprint density at radius 3 is 2.27 bits per heavy atom. The molecule has 4 rings (SSSR count). The fraction of sp³-hybridized carbons (Fsp3) is 0.160. The van der Waals surface area contributed by atoms with Crippen LogP contribution in [0.5, 0.6) is 5.75 Å². The van der Waals surface area contributed by atoms with Crippen LogP contribution in [0.1, 0.15) is 10.4 Å². The molecule has 0 radical (unpaired) electrons. The number of hydrogen-bond acceptors (Lipinski definition) is 8. The van der Waals surface area contributed by atoms with E-state index < -0.39 is 17.9 Å². The number of anilines is 1. The topological polar surface area (TPSA) is 91.4 Å². The van der Waals surface area contributed by atoms with Crippen LogP contribution in [0.4, 0.5) is 5.69 Å². The van der Waals surface area contributed by atoms with E-state index in [1.165, 1.54) is 19.1 Å². The summed E-state index contributed by atoms with van der Waals surface area (Å²) in [7, 11) is 2.41. The highest BCUT2D eigenvalue weighted by Gasteiger charge is 2.34. The van der Waals surface area contributed by atoms with E-state index >= 15 is 0 Å². The molecule has 8 heteroatoms. The maximum atomic E-state index is 13.1. The number of hydrogen-bond donors (Lipinski definition) is 0. The van der Waals surface area contributed by atoms with Crippen LogP contribution in [-0.2, 0) is 23.8 Å². The number of carbonyl (C=O) groups is 3. The number of rotatable bonds is 5. The van der Waals surface area contributed by atoms with Gasteiger partial charge in [-0.25, -0.2) is 14.4 Å². The average Bonchev–Trinajstić information content (AvgIpc) is 2.87. The second-order valence-corrected chi connectivity index (χ2v) is 7.13. The van der Waals surface area contributed by atoms with Gasteiger partial charge in [0.15, 0.2) is 0 Å².